The minimum absolute atomic E-state index is 0.0468. The molecule has 2 heterocycles. The fraction of sp³-hybridized carbons (Fsp3) is 0.261. The number of imidazole rings is 1. The van der Waals surface area contributed by atoms with Crippen LogP contribution in [-0.4, -0.2) is 20.4 Å². The van der Waals surface area contributed by atoms with E-state index in [0.717, 1.165) is 16.9 Å². The highest BCUT2D eigenvalue weighted by Gasteiger charge is 2.16. The number of aromatic amines is 1. The van der Waals surface area contributed by atoms with Crippen LogP contribution in [0.25, 0.3) is 21.8 Å². The van der Waals surface area contributed by atoms with Gasteiger partial charge in [0.1, 0.15) is 5.82 Å². The minimum atomic E-state index is -0.251. The van der Waals surface area contributed by atoms with Crippen LogP contribution in [0.2, 0.25) is 0 Å². The Morgan fingerprint density at radius 3 is 2.48 bits per heavy atom. The predicted molar refractivity (Wildman–Crippen MR) is 117 cm³/mol. The second-order valence-corrected chi connectivity index (χ2v) is 7.86. The first kappa shape index (κ1) is 18.9. The first-order valence-electron chi connectivity index (χ1n) is 9.80. The zero-order valence-corrected chi connectivity index (χ0v) is 17.0. The molecule has 0 saturated heterocycles. The molecule has 0 atom stereocenters. The van der Waals surface area contributed by atoms with Crippen molar-refractivity contribution in [2.75, 3.05) is 5.32 Å². The number of hydrogen-bond acceptors (Lipinski definition) is 3. The molecule has 0 unspecified atom stereocenters. The average Bonchev–Trinajstić information content (AvgIpc) is 3.12. The third-order valence-electron chi connectivity index (χ3n) is 5.06. The molecule has 0 spiro atoms. The molecule has 4 rings (SSSR count). The van der Waals surface area contributed by atoms with Gasteiger partial charge < -0.3 is 14.9 Å². The Hall–Kier alpha value is -3.41. The lowest BCUT2D eigenvalue weighted by atomic mass is 10.1. The summed E-state index contributed by atoms with van der Waals surface area (Å²) in [5.41, 5.74) is 2.80. The van der Waals surface area contributed by atoms with Gasteiger partial charge in [0.15, 0.2) is 0 Å². The van der Waals surface area contributed by atoms with Gasteiger partial charge >= 0.3 is 0 Å². The molecule has 6 nitrogen and oxygen atoms in total. The number of hydrogen-bond donors (Lipinski definition) is 2. The third-order valence-corrected chi connectivity index (χ3v) is 5.06. The lowest BCUT2D eigenvalue weighted by molar-refractivity contribution is 0.102. The Morgan fingerprint density at radius 2 is 1.79 bits per heavy atom. The molecule has 148 valence electrons. The van der Waals surface area contributed by atoms with Crippen molar-refractivity contribution < 1.29 is 4.79 Å². The van der Waals surface area contributed by atoms with Crippen molar-refractivity contribution in [1.29, 1.82) is 0 Å². The van der Waals surface area contributed by atoms with Gasteiger partial charge in [-0.25, -0.2) is 4.98 Å². The van der Waals surface area contributed by atoms with Crippen LogP contribution in [0.3, 0.4) is 0 Å². The number of aromatic nitrogens is 3. The van der Waals surface area contributed by atoms with Gasteiger partial charge in [-0.3, -0.25) is 9.59 Å². The molecular formula is C23H24N4O2. The molecule has 0 aliphatic heterocycles. The third kappa shape index (κ3) is 3.42. The van der Waals surface area contributed by atoms with Gasteiger partial charge in [-0.1, -0.05) is 32.0 Å². The van der Waals surface area contributed by atoms with Crippen LogP contribution < -0.4 is 10.9 Å². The van der Waals surface area contributed by atoms with E-state index in [-0.39, 0.29) is 17.5 Å². The summed E-state index contributed by atoms with van der Waals surface area (Å²) in [6.07, 6.45) is 1.65. The van der Waals surface area contributed by atoms with E-state index < -0.39 is 0 Å². The predicted octanol–water partition coefficient (Wildman–Crippen LogP) is 4.83. The van der Waals surface area contributed by atoms with Crippen molar-refractivity contribution >= 4 is 33.4 Å². The molecule has 29 heavy (non-hydrogen) atoms. The summed E-state index contributed by atoms with van der Waals surface area (Å²) in [7, 11) is 0. The quantitative estimate of drug-likeness (QED) is 0.525. The first-order chi connectivity index (χ1) is 13.8. The van der Waals surface area contributed by atoms with E-state index in [9.17, 15) is 9.59 Å². The lowest BCUT2D eigenvalue weighted by Crippen LogP contribution is -2.25. The first-order valence-corrected chi connectivity index (χ1v) is 9.80. The number of nitrogens with zero attached hydrogens (tertiary/aromatic N) is 2. The summed E-state index contributed by atoms with van der Waals surface area (Å²) in [5, 5.41) is 4.16. The van der Waals surface area contributed by atoms with Gasteiger partial charge in [0.25, 0.3) is 11.5 Å². The molecule has 6 heteroatoms. The number of H-pyrrole nitrogens is 1. The highest BCUT2D eigenvalue weighted by Crippen LogP contribution is 2.23. The van der Waals surface area contributed by atoms with Gasteiger partial charge in [0.2, 0.25) is 0 Å². The molecule has 2 aromatic heterocycles. The van der Waals surface area contributed by atoms with E-state index in [1.165, 1.54) is 0 Å². The summed E-state index contributed by atoms with van der Waals surface area (Å²) in [5.74, 6) is 0.959. The maximum atomic E-state index is 13.1. The van der Waals surface area contributed by atoms with Crippen LogP contribution in [0.15, 0.2) is 53.5 Å². The minimum Gasteiger partial charge on any atom is -0.342 e. The summed E-state index contributed by atoms with van der Waals surface area (Å²) in [4.78, 5) is 33.7. The normalized spacial score (nSPS) is 11.7. The Bertz CT molecular complexity index is 1280. The molecule has 0 aliphatic carbocycles. The van der Waals surface area contributed by atoms with E-state index >= 15 is 0 Å². The monoisotopic (exact) mass is 388 g/mol. The topological polar surface area (TPSA) is 79.8 Å². The van der Waals surface area contributed by atoms with Gasteiger partial charge in [-0.05, 0) is 38.1 Å². The number of carbonyl (C=O) groups is 1. The Balaban J connectivity index is 1.75. The molecule has 0 fully saturated rings. The zero-order chi connectivity index (χ0) is 20.7. The van der Waals surface area contributed by atoms with Crippen molar-refractivity contribution in [2.45, 2.75) is 39.7 Å². The van der Waals surface area contributed by atoms with Gasteiger partial charge in [0.05, 0.1) is 16.6 Å². The fourth-order valence-corrected chi connectivity index (χ4v) is 3.45. The summed E-state index contributed by atoms with van der Waals surface area (Å²) < 4.78 is 1.60. The summed E-state index contributed by atoms with van der Waals surface area (Å²) in [6.45, 7) is 8.01. The molecule has 1 amide bonds. The van der Waals surface area contributed by atoms with Gasteiger partial charge in [-0.2, -0.15) is 0 Å². The molecular weight excluding hydrogens is 364 g/mol. The van der Waals surface area contributed by atoms with Crippen LogP contribution in [-0.2, 0) is 0 Å². The number of benzene rings is 2. The number of anilines is 1. The zero-order valence-electron chi connectivity index (χ0n) is 17.0. The molecule has 0 aliphatic rings. The molecule has 4 aromatic rings. The van der Waals surface area contributed by atoms with Gasteiger partial charge in [0, 0.05) is 34.6 Å². The SMILES string of the molecule is CC(C)c1nc2ccc(NC(=O)c3cn(C(C)C)c(=O)c4ccccc34)cc2[nH]1. The van der Waals surface area contributed by atoms with Crippen molar-refractivity contribution in [1.82, 2.24) is 14.5 Å². The van der Waals surface area contributed by atoms with Crippen LogP contribution in [0, 0.1) is 0 Å². The second kappa shape index (κ2) is 7.20. The largest absolute Gasteiger partial charge is 0.342 e. The summed E-state index contributed by atoms with van der Waals surface area (Å²) in [6, 6.07) is 12.8. The number of rotatable bonds is 4. The molecule has 2 aromatic carbocycles. The van der Waals surface area contributed by atoms with Crippen molar-refractivity contribution in [2.24, 2.45) is 0 Å². The van der Waals surface area contributed by atoms with Crippen molar-refractivity contribution in [3.63, 3.8) is 0 Å². The van der Waals surface area contributed by atoms with Crippen LogP contribution in [0.1, 0.15) is 55.8 Å². The number of nitrogens with one attached hydrogen (secondary N) is 2. The smallest absolute Gasteiger partial charge is 0.258 e. The molecule has 2 N–H and O–H groups in total. The van der Waals surface area contributed by atoms with Crippen molar-refractivity contribution in [3.05, 3.63) is 70.4 Å². The second-order valence-electron chi connectivity index (χ2n) is 7.86. The number of amides is 1. The molecule has 0 bridgehead atoms. The Morgan fingerprint density at radius 1 is 1.07 bits per heavy atom. The van der Waals surface area contributed by atoms with E-state index in [1.807, 2.05) is 50.2 Å². The van der Waals surface area contributed by atoms with Gasteiger partial charge in [-0.15, -0.1) is 0 Å². The maximum absolute atomic E-state index is 13.1. The number of fused-ring (bicyclic) bond motifs is 2. The molecule has 0 saturated carbocycles. The highest BCUT2D eigenvalue weighted by molar-refractivity contribution is 6.12. The Labute approximate surface area is 168 Å². The lowest BCUT2D eigenvalue weighted by Gasteiger charge is -2.15. The highest BCUT2D eigenvalue weighted by atomic mass is 16.2. The average molecular weight is 388 g/mol. The fourth-order valence-electron chi connectivity index (χ4n) is 3.45. The van der Waals surface area contributed by atoms with E-state index in [0.29, 0.717) is 27.9 Å². The van der Waals surface area contributed by atoms with E-state index in [4.69, 9.17) is 0 Å². The van der Waals surface area contributed by atoms with Crippen LogP contribution in [0.5, 0.6) is 0 Å². The molecule has 0 radical (unpaired) electrons. The number of carbonyl (C=O) groups excluding carboxylic acids is 1. The number of pyridine rings is 1. The van der Waals surface area contributed by atoms with Crippen molar-refractivity contribution in [3.8, 4) is 0 Å². The Kier molecular flexibility index (Phi) is 4.70. The standard InChI is InChI=1S/C23H24N4O2/c1-13(2)21-25-19-10-9-15(11-20(19)26-21)24-22(28)18-12-27(14(3)4)23(29)17-8-6-5-7-16(17)18/h5-14H,1-4H3,(H,24,28)(H,25,26). The maximum Gasteiger partial charge on any atom is 0.258 e. The van der Waals surface area contributed by atoms with Crippen LogP contribution in [0.4, 0.5) is 5.69 Å². The van der Waals surface area contributed by atoms with E-state index in [1.54, 1.807) is 16.8 Å². The van der Waals surface area contributed by atoms with E-state index in [2.05, 4.69) is 29.1 Å². The summed E-state index contributed by atoms with van der Waals surface area (Å²) >= 11 is 0. The van der Waals surface area contributed by atoms with Crippen LogP contribution >= 0.6 is 0 Å².